The first kappa shape index (κ1) is 13.7. The van der Waals surface area contributed by atoms with Crippen molar-refractivity contribution in [1.82, 2.24) is 0 Å². The molecule has 1 heterocycles. The standard InChI is InChI=1S/C13H14ClNO4/c1-7(2-3-13(17)18)8-4-11-10(5-9(8)14)15-12(16)6-19-11/h4-5,7H,2-3,6H2,1H3,(H,15,16)(H,17,18). The summed E-state index contributed by atoms with van der Waals surface area (Å²) in [5.41, 5.74) is 1.38. The van der Waals surface area contributed by atoms with Gasteiger partial charge < -0.3 is 15.2 Å². The van der Waals surface area contributed by atoms with Gasteiger partial charge in [0.1, 0.15) is 5.75 Å². The Morgan fingerprint density at radius 1 is 1.58 bits per heavy atom. The smallest absolute Gasteiger partial charge is 0.303 e. The lowest BCUT2D eigenvalue weighted by Crippen LogP contribution is -2.25. The number of benzene rings is 1. The van der Waals surface area contributed by atoms with Gasteiger partial charge in [0.15, 0.2) is 6.61 Å². The third-order valence-electron chi connectivity index (χ3n) is 3.05. The Balaban J connectivity index is 2.22. The average molecular weight is 284 g/mol. The molecule has 0 spiro atoms. The summed E-state index contributed by atoms with van der Waals surface area (Å²) in [6.45, 7) is 1.90. The van der Waals surface area contributed by atoms with Crippen LogP contribution in [0.25, 0.3) is 0 Å². The lowest BCUT2D eigenvalue weighted by Gasteiger charge is -2.21. The van der Waals surface area contributed by atoms with Gasteiger partial charge in [0, 0.05) is 11.4 Å². The zero-order chi connectivity index (χ0) is 14.0. The van der Waals surface area contributed by atoms with Crippen molar-refractivity contribution >= 4 is 29.2 Å². The number of rotatable bonds is 4. The van der Waals surface area contributed by atoms with Crippen LogP contribution in [0.1, 0.15) is 31.2 Å². The lowest BCUT2D eigenvalue weighted by atomic mass is 9.95. The van der Waals surface area contributed by atoms with E-state index < -0.39 is 5.97 Å². The summed E-state index contributed by atoms with van der Waals surface area (Å²) in [5, 5.41) is 11.9. The van der Waals surface area contributed by atoms with Crippen molar-refractivity contribution in [2.24, 2.45) is 0 Å². The van der Waals surface area contributed by atoms with Gasteiger partial charge in [-0.05, 0) is 30.0 Å². The highest BCUT2D eigenvalue weighted by atomic mass is 35.5. The molecular formula is C13H14ClNO4. The second kappa shape index (κ2) is 5.48. The van der Waals surface area contributed by atoms with Gasteiger partial charge in [0.05, 0.1) is 5.69 Å². The van der Waals surface area contributed by atoms with E-state index in [0.717, 1.165) is 5.56 Å². The molecule has 6 heteroatoms. The first-order chi connectivity index (χ1) is 8.97. The third kappa shape index (κ3) is 3.17. The summed E-state index contributed by atoms with van der Waals surface area (Å²) in [4.78, 5) is 21.8. The molecule has 19 heavy (non-hydrogen) atoms. The average Bonchev–Trinajstić information content (AvgIpc) is 2.35. The minimum Gasteiger partial charge on any atom is -0.482 e. The molecule has 1 aromatic rings. The van der Waals surface area contributed by atoms with Gasteiger partial charge in [-0.3, -0.25) is 9.59 Å². The Labute approximate surface area is 115 Å². The van der Waals surface area contributed by atoms with Gasteiger partial charge in [0.2, 0.25) is 0 Å². The SMILES string of the molecule is CC(CCC(=O)O)c1cc2c(cc1Cl)NC(=O)CO2. The van der Waals surface area contributed by atoms with Gasteiger partial charge in [-0.1, -0.05) is 18.5 Å². The van der Waals surface area contributed by atoms with Crippen LogP contribution in [0.15, 0.2) is 12.1 Å². The summed E-state index contributed by atoms with van der Waals surface area (Å²) in [5.74, 6) is -0.462. The van der Waals surface area contributed by atoms with E-state index in [2.05, 4.69) is 5.32 Å². The number of nitrogens with one attached hydrogen (secondary N) is 1. The van der Waals surface area contributed by atoms with Crippen LogP contribution in [-0.4, -0.2) is 23.6 Å². The van der Waals surface area contributed by atoms with Crippen molar-refractivity contribution in [3.63, 3.8) is 0 Å². The molecule has 1 atom stereocenters. The highest BCUT2D eigenvalue weighted by Crippen LogP contribution is 2.37. The molecule has 0 aromatic heterocycles. The minimum absolute atomic E-state index is 0.00938. The van der Waals surface area contributed by atoms with E-state index in [1.165, 1.54) is 0 Å². The van der Waals surface area contributed by atoms with E-state index in [1.807, 2.05) is 6.92 Å². The molecule has 1 unspecified atom stereocenters. The fourth-order valence-corrected chi connectivity index (χ4v) is 2.34. The summed E-state index contributed by atoms with van der Waals surface area (Å²) in [7, 11) is 0. The van der Waals surface area contributed by atoms with E-state index in [9.17, 15) is 9.59 Å². The molecule has 0 fully saturated rings. The number of carbonyl (C=O) groups is 2. The van der Waals surface area contributed by atoms with Crippen molar-refractivity contribution in [2.45, 2.75) is 25.7 Å². The zero-order valence-corrected chi connectivity index (χ0v) is 11.2. The molecule has 0 radical (unpaired) electrons. The Morgan fingerprint density at radius 2 is 2.32 bits per heavy atom. The van der Waals surface area contributed by atoms with E-state index in [4.69, 9.17) is 21.4 Å². The van der Waals surface area contributed by atoms with Crippen molar-refractivity contribution < 1.29 is 19.4 Å². The van der Waals surface area contributed by atoms with Crippen molar-refractivity contribution in [3.8, 4) is 5.75 Å². The number of hydrogen-bond acceptors (Lipinski definition) is 3. The van der Waals surface area contributed by atoms with Crippen LogP contribution in [0, 0.1) is 0 Å². The van der Waals surface area contributed by atoms with Crippen LogP contribution in [0.4, 0.5) is 5.69 Å². The van der Waals surface area contributed by atoms with Crippen LogP contribution in [0.5, 0.6) is 5.75 Å². The molecular weight excluding hydrogens is 270 g/mol. The largest absolute Gasteiger partial charge is 0.482 e. The fraction of sp³-hybridized carbons (Fsp3) is 0.385. The van der Waals surface area contributed by atoms with E-state index in [1.54, 1.807) is 12.1 Å². The monoisotopic (exact) mass is 283 g/mol. The summed E-state index contributed by atoms with van der Waals surface area (Å²) >= 11 is 6.16. The number of ether oxygens (including phenoxy) is 1. The molecule has 0 bridgehead atoms. The number of carbonyl (C=O) groups excluding carboxylic acids is 1. The van der Waals surface area contributed by atoms with Crippen LogP contribution in [0.2, 0.25) is 5.02 Å². The maximum absolute atomic E-state index is 11.2. The third-order valence-corrected chi connectivity index (χ3v) is 3.38. The molecule has 0 aliphatic carbocycles. The quantitative estimate of drug-likeness (QED) is 0.891. The van der Waals surface area contributed by atoms with Crippen LogP contribution in [0.3, 0.4) is 0 Å². The minimum atomic E-state index is -0.829. The Morgan fingerprint density at radius 3 is 3.00 bits per heavy atom. The molecule has 1 aliphatic heterocycles. The van der Waals surface area contributed by atoms with Gasteiger partial charge in [0.25, 0.3) is 5.91 Å². The molecule has 0 saturated carbocycles. The second-order valence-corrected chi connectivity index (χ2v) is 4.95. The molecule has 2 rings (SSSR count). The number of aliphatic carboxylic acids is 1. The van der Waals surface area contributed by atoms with Gasteiger partial charge in [-0.2, -0.15) is 0 Å². The van der Waals surface area contributed by atoms with Gasteiger partial charge in [-0.25, -0.2) is 0 Å². The molecule has 1 aromatic carbocycles. The van der Waals surface area contributed by atoms with Crippen LogP contribution < -0.4 is 10.1 Å². The summed E-state index contributed by atoms with van der Waals surface area (Å²) in [6, 6.07) is 3.41. The predicted octanol–water partition coefficient (Wildman–Crippen LogP) is 2.64. The highest BCUT2D eigenvalue weighted by molar-refractivity contribution is 6.32. The Kier molecular flexibility index (Phi) is 3.95. The second-order valence-electron chi connectivity index (χ2n) is 4.54. The molecule has 1 amide bonds. The first-order valence-electron chi connectivity index (χ1n) is 5.95. The Bertz CT molecular complexity index is 530. The number of amides is 1. The summed E-state index contributed by atoms with van der Waals surface area (Å²) in [6.07, 6.45) is 0.590. The summed E-state index contributed by atoms with van der Waals surface area (Å²) < 4.78 is 5.32. The molecule has 0 saturated heterocycles. The number of carboxylic acids is 1. The van der Waals surface area contributed by atoms with Crippen LogP contribution in [-0.2, 0) is 9.59 Å². The number of halogens is 1. The maximum atomic E-state index is 11.2. The fourth-order valence-electron chi connectivity index (χ4n) is 1.99. The van der Waals surface area contributed by atoms with E-state index >= 15 is 0 Å². The number of anilines is 1. The molecule has 1 aliphatic rings. The van der Waals surface area contributed by atoms with Crippen molar-refractivity contribution in [2.75, 3.05) is 11.9 Å². The number of fused-ring (bicyclic) bond motifs is 1. The van der Waals surface area contributed by atoms with Crippen molar-refractivity contribution in [1.29, 1.82) is 0 Å². The lowest BCUT2D eigenvalue weighted by molar-refractivity contribution is -0.137. The number of hydrogen-bond donors (Lipinski definition) is 2. The van der Waals surface area contributed by atoms with E-state index in [0.29, 0.717) is 22.9 Å². The Hall–Kier alpha value is -1.75. The number of carboxylic acid groups (broad SMARTS) is 1. The molecule has 102 valence electrons. The van der Waals surface area contributed by atoms with Crippen molar-refractivity contribution in [3.05, 3.63) is 22.7 Å². The van der Waals surface area contributed by atoms with E-state index in [-0.39, 0.29) is 24.9 Å². The van der Waals surface area contributed by atoms with Gasteiger partial charge >= 0.3 is 5.97 Å². The van der Waals surface area contributed by atoms with Crippen LogP contribution >= 0.6 is 11.6 Å². The van der Waals surface area contributed by atoms with Gasteiger partial charge in [-0.15, -0.1) is 0 Å². The zero-order valence-electron chi connectivity index (χ0n) is 10.4. The predicted molar refractivity (Wildman–Crippen MR) is 70.9 cm³/mol. The normalized spacial score (nSPS) is 15.2. The first-order valence-corrected chi connectivity index (χ1v) is 6.33. The maximum Gasteiger partial charge on any atom is 0.303 e. The molecule has 2 N–H and O–H groups in total. The molecule has 5 nitrogen and oxygen atoms in total. The highest BCUT2D eigenvalue weighted by Gasteiger charge is 2.20. The topological polar surface area (TPSA) is 75.6 Å².